The number of rotatable bonds is 6. The average molecular weight is 426 g/mol. The zero-order valence-electron chi connectivity index (χ0n) is 16.6. The lowest BCUT2D eigenvalue weighted by Crippen LogP contribution is -2.33. The number of hydrogen-bond acceptors (Lipinski definition) is 4. The Bertz CT molecular complexity index is 1110. The third kappa shape index (κ3) is 4.63. The van der Waals surface area contributed by atoms with Crippen molar-refractivity contribution >= 4 is 34.1 Å². The molecule has 1 aliphatic rings. The number of carbonyl (C=O) groups is 1. The molecule has 2 heterocycles. The predicted molar refractivity (Wildman–Crippen MR) is 119 cm³/mol. The molecule has 0 aliphatic carbocycles. The molecule has 0 unspecified atom stereocenters. The van der Waals surface area contributed by atoms with Gasteiger partial charge in [0.2, 0.25) is 0 Å². The van der Waals surface area contributed by atoms with Crippen molar-refractivity contribution in [2.75, 3.05) is 25.0 Å². The summed E-state index contributed by atoms with van der Waals surface area (Å²) in [6.45, 7) is 3.66. The Labute approximate surface area is 179 Å². The van der Waals surface area contributed by atoms with E-state index in [1.165, 1.54) is 17.5 Å². The van der Waals surface area contributed by atoms with Crippen molar-refractivity contribution in [2.45, 2.75) is 25.9 Å². The van der Waals surface area contributed by atoms with Gasteiger partial charge in [0.15, 0.2) is 0 Å². The van der Waals surface area contributed by atoms with Crippen LogP contribution in [0.15, 0.2) is 53.3 Å². The largest absolute Gasteiger partial charge is 0.332 e. The minimum absolute atomic E-state index is 0.103. The van der Waals surface area contributed by atoms with Crippen LogP contribution >= 0.6 is 11.6 Å². The highest BCUT2D eigenvalue weighted by atomic mass is 35.5. The van der Waals surface area contributed by atoms with Gasteiger partial charge in [0.1, 0.15) is 0 Å². The van der Waals surface area contributed by atoms with Crippen LogP contribution in [0.2, 0.25) is 5.02 Å². The molecule has 1 aliphatic heterocycles. The number of anilines is 1. The lowest BCUT2D eigenvalue weighted by atomic mass is 10.1. The molecule has 156 valence electrons. The van der Waals surface area contributed by atoms with Gasteiger partial charge in [-0.3, -0.25) is 4.79 Å². The first-order valence-electron chi connectivity index (χ1n) is 10.1. The van der Waals surface area contributed by atoms with Crippen LogP contribution in [0.4, 0.5) is 10.5 Å². The third-order valence-corrected chi connectivity index (χ3v) is 5.64. The summed E-state index contributed by atoms with van der Waals surface area (Å²) in [5.74, 6) is 0. The fourth-order valence-corrected chi connectivity index (χ4v) is 3.91. The average Bonchev–Trinajstić information content (AvgIpc) is 3.28. The maximum absolute atomic E-state index is 12.9. The molecular weight excluding hydrogens is 402 g/mol. The minimum Gasteiger partial charge on any atom is -0.332 e. The molecule has 1 saturated heterocycles. The SMILES string of the molecule is O=C(NCc1nn(CCN2CCCC2)c(=O)c2ccccc12)Nc1ccccc1Cl. The van der Waals surface area contributed by atoms with E-state index in [4.69, 9.17) is 11.6 Å². The maximum Gasteiger partial charge on any atom is 0.319 e. The highest BCUT2D eigenvalue weighted by Gasteiger charge is 2.15. The third-order valence-electron chi connectivity index (χ3n) is 5.31. The van der Waals surface area contributed by atoms with Gasteiger partial charge in [-0.25, -0.2) is 9.48 Å². The smallest absolute Gasteiger partial charge is 0.319 e. The van der Waals surface area contributed by atoms with Crippen molar-refractivity contribution in [3.8, 4) is 0 Å². The first-order chi connectivity index (χ1) is 14.6. The van der Waals surface area contributed by atoms with E-state index in [-0.39, 0.29) is 18.1 Å². The highest BCUT2D eigenvalue weighted by molar-refractivity contribution is 6.33. The number of amides is 2. The quantitative estimate of drug-likeness (QED) is 0.633. The topological polar surface area (TPSA) is 79.3 Å². The van der Waals surface area contributed by atoms with Crippen molar-refractivity contribution in [1.82, 2.24) is 20.0 Å². The van der Waals surface area contributed by atoms with E-state index in [9.17, 15) is 9.59 Å². The van der Waals surface area contributed by atoms with Gasteiger partial charge in [-0.05, 0) is 44.1 Å². The van der Waals surface area contributed by atoms with Gasteiger partial charge in [-0.1, -0.05) is 41.9 Å². The summed E-state index contributed by atoms with van der Waals surface area (Å²) < 4.78 is 1.52. The van der Waals surface area contributed by atoms with Crippen molar-refractivity contribution in [2.24, 2.45) is 0 Å². The van der Waals surface area contributed by atoms with E-state index < -0.39 is 0 Å². The summed E-state index contributed by atoms with van der Waals surface area (Å²) in [5, 5.41) is 11.9. The Morgan fingerprint density at radius 2 is 1.70 bits per heavy atom. The summed E-state index contributed by atoms with van der Waals surface area (Å²) in [6.07, 6.45) is 2.41. The van der Waals surface area contributed by atoms with E-state index in [2.05, 4.69) is 20.6 Å². The summed E-state index contributed by atoms with van der Waals surface area (Å²) in [7, 11) is 0. The second-order valence-electron chi connectivity index (χ2n) is 7.36. The molecule has 1 aromatic heterocycles. The van der Waals surface area contributed by atoms with Gasteiger partial charge in [0.05, 0.1) is 34.9 Å². The molecule has 0 atom stereocenters. The number of nitrogens with one attached hydrogen (secondary N) is 2. The molecule has 30 heavy (non-hydrogen) atoms. The molecule has 0 radical (unpaired) electrons. The number of benzene rings is 2. The lowest BCUT2D eigenvalue weighted by Gasteiger charge is -2.16. The molecular formula is C22H24ClN5O2. The van der Waals surface area contributed by atoms with Crippen LogP contribution in [-0.4, -0.2) is 40.3 Å². The van der Waals surface area contributed by atoms with Crippen LogP contribution in [0.5, 0.6) is 0 Å². The molecule has 7 nitrogen and oxygen atoms in total. The molecule has 0 spiro atoms. The fourth-order valence-electron chi connectivity index (χ4n) is 3.72. The van der Waals surface area contributed by atoms with E-state index >= 15 is 0 Å². The normalized spacial score (nSPS) is 14.2. The molecule has 8 heteroatoms. The zero-order chi connectivity index (χ0) is 20.9. The first kappa shape index (κ1) is 20.4. The minimum atomic E-state index is -0.385. The molecule has 2 aromatic carbocycles. The van der Waals surface area contributed by atoms with Crippen LogP contribution in [0.3, 0.4) is 0 Å². The van der Waals surface area contributed by atoms with E-state index in [0.29, 0.717) is 28.3 Å². The Morgan fingerprint density at radius 1 is 1.00 bits per heavy atom. The van der Waals surface area contributed by atoms with Crippen molar-refractivity contribution in [1.29, 1.82) is 0 Å². The van der Waals surface area contributed by atoms with Crippen LogP contribution in [0.1, 0.15) is 18.5 Å². The van der Waals surface area contributed by atoms with Crippen molar-refractivity contribution in [3.05, 3.63) is 69.6 Å². The number of likely N-dealkylation sites (tertiary alicyclic amines) is 1. The summed E-state index contributed by atoms with van der Waals surface area (Å²) in [5.41, 5.74) is 1.08. The summed E-state index contributed by atoms with van der Waals surface area (Å²) >= 11 is 6.09. The molecule has 3 aromatic rings. The number of fused-ring (bicyclic) bond motifs is 1. The van der Waals surface area contributed by atoms with Gasteiger partial charge >= 0.3 is 6.03 Å². The number of urea groups is 1. The van der Waals surface area contributed by atoms with E-state index in [1.54, 1.807) is 30.3 Å². The lowest BCUT2D eigenvalue weighted by molar-refractivity contribution is 0.251. The molecule has 0 saturated carbocycles. The second kappa shape index (κ2) is 9.28. The van der Waals surface area contributed by atoms with Crippen molar-refractivity contribution in [3.63, 3.8) is 0 Å². The summed E-state index contributed by atoms with van der Waals surface area (Å²) in [4.78, 5) is 27.6. The van der Waals surface area contributed by atoms with Gasteiger partial charge in [0, 0.05) is 11.9 Å². The molecule has 2 amide bonds. The Balaban J connectivity index is 1.52. The standard InChI is InChI=1S/C22H24ClN5O2/c23-18-9-3-4-10-19(18)25-22(30)24-15-20-16-7-1-2-8-17(16)21(29)28(26-20)14-13-27-11-5-6-12-27/h1-4,7-10H,5-6,11-15H2,(H2,24,25,30). The number of hydrogen-bond donors (Lipinski definition) is 2. The molecule has 2 N–H and O–H groups in total. The number of nitrogens with zero attached hydrogens (tertiary/aromatic N) is 3. The maximum atomic E-state index is 12.9. The van der Waals surface area contributed by atoms with Gasteiger partial charge in [0.25, 0.3) is 5.56 Å². The Kier molecular flexibility index (Phi) is 6.30. The Hall–Kier alpha value is -2.90. The highest BCUT2D eigenvalue weighted by Crippen LogP contribution is 2.20. The molecule has 0 bridgehead atoms. The summed E-state index contributed by atoms with van der Waals surface area (Å²) in [6, 6.07) is 14.0. The predicted octanol–water partition coefficient (Wildman–Crippen LogP) is 3.47. The zero-order valence-corrected chi connectivity index (χ0v) is 17.4. The molecule has 4 rings (SSSR count). The number of para-hydroxylation sites is 1. The fraction of sp³-hybridized carbons (Fsp3) is 0.318. The number of carbonyl (C=O) groups excluding carboxylic acids is 1. The number of halogens is 1. The first-order valence-corrected chi connectivity index (χ1v) is 10.5. The van der Waals surface area contributed by atoms with Crippen molar-refractivity contribution < 1.29 is 4.79 Å². The van der Waals surface area contributed by atoms with Gasteiger partial charge in [-0.15, -0.1) is 0 Å². The van der Waals surface area contributed by atoms with Crippen LogP contribution in [0, 0.1) is 0 Å². The van der Waals surface area contributed by atoms with Gasteiger partial charge < -0.3 is 15.5 Å². The van der Waals surface area contributed by atoms with Gasteiger partial charge in [-0.2, -0.15) is 5.10 Å². The van der Waals surface area contributed by atoms with E-state index in [1.807, 2.05) is 18.2 Å². The Morgan fingerprint density at radius 3 is 2.47 bits per heavy atom. The van der Waals surface area contributed by atoms with E-state index in [0.717, 1.165) is 25.0 Å². The molecule has 1 fully saturated rings. The van der Waals surface area contributed by atoms with Crippen LogP contribution in [0.25, 0.3) is 10.8 Å². The monoisotopic (exact) mass is 425 g/mol. The van der Waals surface area contributed by atoms with Crippen LogP contribution in [-0.2, 0) is 13.1 Å². The second-order valence-corrected chi connectivity index (χ2v) is 7.76. The van der Waals surface area contributed by atoms with Crippen LogP contribution < -0.4 is 16.2 Å². The number of aromatic nitrogens is 2.